The van der Waals surface area contributed by atoms with Gasteiger partial charge < -0.3 is 10.0 Å². The fraction of sp³-hybridized carbons (Fsp3) is 0.917. The SMILES string of the molecule is CN(CCCC(=O)O)C(C1CC1)C1CC1. The molecule has 0 radical (unpaired) electrons. The zero-order chi connectivity index (χ0) is 10.8. The second kappa shape index (κ2) is 4.52. The summed E-state index contributed by atoms with van der Waals surface area (Å²) < 4.78 is 0. The molecule has 86 valence electrons. The van der Waals surface area contributed by atoms with E-state index in [0.29, 0.717) is 6.42 Å². The van der Waals surface area contributed by atoms with Crippen LogP contribution in [0.25, 0.3) is 0 Å². The topological polar surface area (TPSA) is 40.5 Å². The summed E-state index contributed by atoms with van der Waals surface area (Å²) in [6, 6.07) is 0.763. The van der Waals surface area contributed by atoms with Crippen LogP contribution < -0.4 is 0 Å². The molecular formula is C12H21NO2. The van der Waals surface area contributed by atoms with E-state index in [-0.39, 0.29) is 0 Å². The van der Waals surface area contributed by atoms with E-state index in [0.717, 1.165) is 30.8 Å². The summed E-state index contributed by atoms with van der Waals surface area (Å²) in [5.41, 5.74) is 0. The van der Waals surface area contributed by atoms with Crippen LogP contribution in [0.15, 0.2) is 0 Å². The Bertz CT molecular complexity index is 222. The van der Waals surface area contributed by atoms with Crippen LogP contribution in [0.2, 0.25) is 0 Å². The lowest BCUT2D eigenvalue weighted by Gasteiger charge is -2.28. The van der Waals surface area contributed by atoms with Crippen molar-refractivity contribution in [1.29, 1.82) is 0 Å². The molecule has 3 nitrogen and oxygen atoms in total. The lowest BCUT2D eigenvalue weighted by Crippen LogP contribution is -2.36. The molecule has 0 heterocycles. The maximum atomic E-state index is 10.4. The Morgan fingerprint density at radius 1 is 1.33 bits per heavy atom. The third-order valence-corrected chi connectivity index (χ3v) is 3.62. The van der Waals surface area contributed by atoms with Crippen LogP contribution in [-0.4, -0.2) is 35.6 Å². The molecule has 0 aromatic carbocycles. The van der Waals surface area contributed by atoms with Crippen molar-refractivity contribution in [2.24, 2.45) is 11.8 Å². The van der Waals surface area contributed by atoms with Crippen molar-refractivity contribution in [3.05, 3.63) is 0 Å². The van der Waals surface area contributed by atoms with E-state index in [1.165, 1.54) is 25.7 Å². The molecule has 2 saturated carbocycles. The van der Waals surface area contributed by atoms with Crippen LogP contribution in [0.1, 0.15) is 38.5 Å². The number of hydrogen-bond acceptors (Lipinski definition) is 2. The zero-order valence-electron chi connectivity index (χ0n) is 9.48. The van der Waals surface area contributed by atoms with Crippen molar-refractivity contribution in [3.63, 3.8) is 0 Å². The van der Waals surface area contributed by atoms with Gasteiger partial charge in [0.1, 0.15) is 0 Å². The largest absolute Gasteiger partial charge is 0.481 e. The number of aliphatic carboxylic acids is 1. The Hall–Kier alpha value is -0.570. The highest BCUT2D eigenvalue weighted by molar-refractivity contribution is 5.66. The predicted octanol–water partition coefficient (Wildman–Crippen LogP) is 1.97. The van der Waals surface area contributed by atoms with Gasteiger partial charge in [-0.3, -0.25) is 4.79 Å². The fourth-order valence-electron chi connectivity index (χ4n) is 2.61. The quantitative estimate of drug-likeness (QED) is 0.700. The third-order valence-electron chi connectivity index (χ3n) is 3.62. The van der Waals surface area contributed by atoms with Gasteiger partial charge in [-0.1, -0.05) is 0 Å². The van der Waals surface area contributed by atoms with Gasteiger partial charge in [0.25, 0.3) is 0 Å². The minimum Gasteiger partial charge on any atom is -0.481 e. The molecule has 2 aliphatic carbocycles. The Kier molecular flexibility index (Phi) is 3.29. The average Bonchev–Trinajstić information content (AvgIpc) is 2.97. The van der Waals surface area contributed by atoms with Gasteiger partial charge in [0.2, 0.25) is 0 Å². The number of carbonyl (C=O) groups is 1. The minimum atomic E-state index is -0.669. The Morgan fingerprint density at radius 2 is 1.87 bits per heavy atom. The zero-order valence-corrected chi connectivity index (χ0v) is 9.48. The molecule has 2 fully saturated rings. The summed E-state index contributed by atoms with van der Waals surface area (Å²) in [6.07, 6.45) is 6.68. The van der Waals surface area contributed by atoms with Crippen LogP contribution in [0.5, 0.6) is 0 Å². The molecule has 0 saturated heterocycles. The Balaban J connectivity index is 1.72. The van der Waals surface area contributed by atoms with Crippen LogP contribution >= 0.6 is 0 Å². The third kappa shape index (κ3) is 3.20. The molecule has 0 spiro atoms. The standard InChI is InChI=1S/C12H21NO2/c1-13(8-2-3-11(14)15)12(9-4-5-9)10-6-7-10/h9-10,12H,2-8H2,1H3,(H,14,15). The monoisotopic (exact) mass is 211 g/mol. The van der Waals surface area contributed by atoms with Crippen molar-refractivity contribution in [2.75, 3.05) is 13.6 Å². The molecule has 3 heteroatoms. The maximum absolute atomic E-state index is 10.4. The second-order valence-corrected chi connectivity index (χ2v) is 5.14. The molecule has 0 aromatic heterocycles. The van der Waals surface area contributed by atoms with E-state index >= 15 is 0 Å². The van der Waals surface area contributed by atoms with Crippen molar-refractivity contribution in [1.82, 2.24) is 4.90 Å². The molecular weight excluding hydrogens is 190 g/mol. The molecule has 2 rings (SSSR count). The van der Waals surface area contributed by atoms with E-state index < -0.39 is 5.97 Å². The molecule has 0 unspecified atom stereocenters. The predicted molar refractivity (Wildman–Crippen MR) is 58.7 cm³/mol. The molecule has 2 aliphatic rings. The highest BCUT2D eigenvalue weighted by atomic mass is 16.4. The number of carboxylic acids is 1. The highest BCUT2D eigenvalue weighted by Crippen LogP contribution is 2.46. The van der Waals surface area contributed by atoms with Gasteiger partial charge in [-0.25, -0.2) is 0 Å². The van der Waals surface area contributed by atoms with Crippen molar-refractivity contribution < 1.29 is 9.90 Å². The first-order chi connectivity index (χ1) is 7.18. The molecule has 0 bridgehead atoms. The van der Waals surface area contributed by atoms with E-state index in [9.17, 15) is 4.79 Å². The fourth-order valence-corrected chi connectivity index (χ4v) is 2.61. The molecule has 0 amide bonds. The van der Waals surface area contributed by atoms with Crippen molar-refractivity contribution in [2.45, 2.75) is 44.6 Å². The van der Waals surface area contributed by atoms with Crippen LogP contribution in [0, 0.1) is 11.8 Å². The summed E-state index contributed by atoms with van der Waals surface area (Å²) in [5.74, 6) is 1.18. The van der Waals surface area contributed by atoms with Gasteiger partial charge in [-0.05, 0) is 57.5 Å². The summed E-state index contributed by atoms with van der Waals surface area (Å²) >= 11 is 0. The number of rotatable bonds is 7. The van der Waals surface area contributed by atoms with Gasteiger partial charge >= 0.3 is 5.97 Å². The molecule has 0 aliphatic heterocycles. The van der Waals surface area contributed by atoms with Gasteiger partial charge in [0, 0.05) is 12.5 Å². The average molecular weight is 211 g/mol. The van der Waals surface area contributed by atoms with Gasteiger partial charge in [0.15, 0.2) is 0 Å². The van der Waals surface area contributed by atoms with Crippen molar-refractivity contribution >= 4 is 5.97 Å². The van der Waals surface area contributed by atoms with E-state index in [2.05, 4.69) is 11.9 Å². The highest BCUT2D eigenvalue weighted by Gasteiger charge is 2.43. The number of carboxylic acid groups (broad SMARTS) is 1. The maximum Gasteiger partial charge on any atom is 0.303 e. The van der Waals surface area contributed by atoms with Gasteiger partial charge in [-0.15, -0.1) is 0 Å². The Labute approximate surface area is 91.5 Å². The lowest BCUT2D eigenvalue weighted by molar-refractivity contribution is -0.137. The molecule has 1 N–H and O–H groups in total. The molecule has 0 aromatic rings. The smallest absolute Gasteiger partial charge is 0.303 e. The first-order valence-electron chi connectivity index (χ1n) is 6.10. The van der Waals surface area contributed by atoms with E-state index in [4.69, 9.17) is 5.11 Å². The van der Waals surface area contributed by atoms with E-state index in [1.54, 1.807) is 0 Å². The lowest BCUT2D eigenvalue weighted by atomic mass is 10.1. The van der Waals surface area contributed by atoms with Gasteiger partial charge in [-0.2, -0.15) is 0 Å². The van der Waals surface area contributed by atoms with Crippen molar-refractivity contribution in [3.8, 4) is 0 Å². The second-order valence-electron chi connectivity index (χ2n) is 5.14. The van der Waals surface area contributed by atoms with Crippen LogP contribution in [-0.2, 0) is 4.79 Å². The summed E-state index contributed by atoms with van der Waals surface area (Å²) in [7, 11) is 2.17. The van der Waals surface area contributed by atoms with Crippen LogP contribution in [0.4, 0.5) is 0 Å². The van der Waals surface area contributed by atoms with E-state index in [1.807, 2.05) is 0 Å². The Morgan fingerprint density at radius 3 is 2.27 bits per heavy atom. The molecule has 0 atom stereocenters. The summed E-state index contributed by atoms with van der Waals surface area (Å²) in [5, 5.41) is 8.59. The van der Waals surface area contributed by atoms with Gasteiger partial charge in [0.05, 0.1) is 0 Å². The number of hydrogen-bond donors (Lipinski definition) is 1. The van der Waals surface area contributed by atoms with Crippen LogP contribution in [0.3, 0.4) is 0 Å². The normalized spacial score (nSPS) is 21.3. The first kappa shape index (κ1) is 10.9. The first-order valence-corrected chi connectivity index (χ1v) is 6.10. The summed E-state index contributed by atoms with van der Waals surface area (Å²) in [4.78, 5) is 12.8. The number of nitrogens with zero attached hydrogens (tertiary/aromatic N) is 1. The minimum absolute atomic E-state index is 0.312. The molecule has 15 heavy (non-hydrogen) atoms. The summed E-state index contributed by atoms with van der Waals surface area (Å²) in [6.45, 7) is 0.948.